The predicted molar refractivity (Wildman–Crippen MR) is 83.0 cm³/mol. The van der Waals surface area contributed by atoms with Crippen molar-refractivity contribution in [2.45, 2.75) is 44.6 Å². The molecule has 0 spiro atoms. The van der Waals surface area contributed by atoms with Gasteiger partial charge in [0.05, 0.1) is 17.7 Å². The lowest BCUT2D eigenvalue weighted by Crippen LogP contribution is -2.43. The van der Waals surface area contributed by atoms with Crippen LogP contribution >= 0.6 is 0 Å². The summed E-state index contributed by atoms with van der Waals surface area (Å²) < 4.78 is 0. The maximum absolute atomic E-state index is 9.87. The van der Waals surface area contributed by atoms with E-state index in [9.17, 15) is 5.11 Å². The van der Waals surface area contributed by atoms with E-state index in [1.54, 1.807) is 0 Å². The minimum atomic E-state index is -0.158. The third-order valence-corrected chi connectivity index (χ3v) is 4.36. The summed E-state index contributed by atoms with van der Waals surface area (Å²) in [7, 11) is 0. The largest absolute Gasteiger partial charge is 0.394 e. The zero-order valence-corrected chi connectivity index (χ0v) is 12.0. The Morgan fingerprint density at radius 2 is 1.95 bits per heavy atom. The zero-order chi connectivity index (χ0) is 14.0. The molecule has 0 radical (unpaired) electrons. The fraction of sp³-hybridized carbons (Fsp3) is 0.471. The molecular weight excluding hydrogens is 248 g/mol. The zero-order valence-electron chi connectivity index (χ0n) is 12.0. The quantitative estimate of drug-likeness (QED) is 0.895. The molecule has 2 N–H and O–H groups in total. The Morgan fingerprint density at radius 1 is 1.20 bits per heavy atom. The van der Waals surface area contributed by atoms with Gasteiger partial charge in [-0.15, -0.1) is 0 Å². The van der Waals surface area contributed by atoms with Crippen LogP contribution in [0.4, 0.5) is 5.69 Å². The molecule has 1 saturated carbocycles. The second-order valence-electron chi connectivity index (χ2n) is 5.95. The number of aliphatic hydroxyl groups is 1. The first-order valence-electron chi connectivity index (χ1n) is 7.48. The summed E-state index contributed by atoms with van der Waals surface area (Å²) >= 11 is 0. The van der Waals surface area contributed by atoms with E-state index < -0.39 is 0 Å². The van der Waals surface area contributed by atoms with Crippen LogP contribution in [0.1, 0.15) is 37.8 Å². The van der Waals surface area contributed by atoms with E-state index in [0.29, 0.717) is 0 Å². The van der Waals surface area contributed by atoms with Crippen LogP contribution in [-0.4, -0.2) is 22.2 Å². The Hall–Kier alpha value is -1.61. The first-order chi connectivity index (χ1) is 9.72. The molecule has 1 aromatic heterocycles. The Kier molecular flexibility index (Phi) is 3.62. The van der Waals surface area contributed by atoms with Crippen LogP contribution in [0, 0.1) is 6.92 Å². The molecule has 3 rings (SSSR count). The van der Waals surface area contributed by atoms with Crippen molar-refractivity contribution in [2.75, 3.05) is 11.9 Å². The number of benzene rings is 1. The second kappa shape index (κ2) is 5.41. The van der Waals surface area contributed by atoms with Crippen molar-refractivity contribution in [2.24, 2.45) is 0 Å². The number of nitrogens with zero attached hydrogens (tertiary/aromatic N) is 1. The summed E-state index contributed by atoms with van der Waals surface area (Å²) in [5, 5.41) is 14.6. The fourth-order valence-electron chi connectivity index (χ4n) is 3.25. The Morgan fingerprint density at radius 3 is 2.70 bits per heavy atom. The molecule has 0 bridgehead atoms. The van der Waals surface area contributed by atoms with E-state index in [1.807, 2.05) is 25.1 Å². The summed E-state index contributed by atoms with van der Waals surface area (Å²) in [6.45, 7) is 2.22. The van der Waals surface area contributed by atoms with Crippen molar-refractivity contribution in [1.29, 1.82) is 0 Å². The number of hydrogen-bond acceptors (Lipinski definition) is 3. The van der Waals surface area contributed by atoms with Gasteiger partial charge < -0.3 is 10.4 Å². The van der Waals surface area contributed by atoms with Gasteiger partial charge in [-0.25, -0.2) is 0 Å². The number of hydrogen-bond donors (Lipinski definition) is 2. The van der Waals surface area contributed by atoms with Gasteiger partial charge in [-0.3, -0.25) is 4.98 Å². The van der Waals surface area contributed by atoms with Gasteiger partial charge in [0, 0.05) is 16.8 Å². The molecule has 3 heteroatoms. The highest BCUT2D eigenvalue weighted by Gasteiger charge is 2.31. The lowest BCUT2D eigenvalue weighted by molar-refractivity contribution is 0.173. The molecule has 0 aliphatic heterocycles. The van der Waals surface area contributed by atoms with Crippen molar-refractivity contribution >= 4 is 16.6 Å². The number of para-hydroxylation sites is 1. The van der Waals surface area contributed by atoms with Gasteiger partial charge in [-0.2, -0.15) is 0 Å². The first-order valence-corrected chi connectivity index (χ1v) is 7.48. The lowest BCUT2D eigenvalue weighted by Gasteiger charge is -2.37. The molecule has 0 amide bonds. The molecule has 20 heavy (non-hydrogen) atoms. The van der Waals surface area contributed by atoms with E-state index in [1.165, 1.54) is 19.3 Å². The van der Waals surface area contributed by atoms with E-state index >= 15 is 0 Å². The minimum absolute atomic E-state index is 0.158. The van der Waals surface area contributed by atoms with Crippen LogP contribution in [0.2, 0.25) is 0 Å². The van der Waals surface area contributed by atoms with E-state index in [-0.39, 0.29) is 12.1 Å². The number of anilines is 1. The molecule has 1 aromatic carbocycles. The number of rotatable bonds is 3. The van der Waals surface area contributed by atoms with Gasteiger partial charge in [-0.1, -0.05) is 37.5 Å². The van der Waals surface area contributed by atoms with Gasteiger partial charge in [0.2, 0.25) is 0 Å². The molecule has 106 valence electrons. The van der Waals surface area contributed by atoms with Crippen molar-refractivity contribution < 1.29 is 5.11 Å². The Balaban J connectivity index is 2.01. The molecule has 2 aromatic rings. The topological polar surface area (TPSA) is 45.1 Å². The van der Waals surface area contributed by atoms with Gasteiger partial charge in [0.1, 0.15) is 0 Å². The minimum Gasteiger partial charge on any atom is -0.394 e. The van der Waals surface area contributed by atoms with Gasteiger partial charge in [0.15, 0.2) is 0 Å². The van der Waals surface area contributed by atoms with E-state index in [2.05, 4.69) is 22.4 Å². The molecule has 1 heterocycles. The maximum Gasteiger partial charge on any atom is 0.0725 e. The average molecular weight is 270 g/mol. The molecule has 0 unspecified atom stereocenters. The monoisotopic (exact) mass is 270 g/mol. The number of aliphatic hydroxyl groups excluding tert-OH is 1. The number of pyridine rings is 1. The van der Waals surface area contributed by atoms with Gasteiger partial charge >= 0.3 is 0 Å². The van der Waals surface area contributed by atoms with Gasteiger partial charge in [-0.05, 0) is 31.9 Å². The van der Waals surface area contributed by atoms with Crippen molar-refractivity contribution in [3.8, 4) is 0 Å². The standard InChI is InChI=1S/C17H22N2O/c1-13-11-16(14-7-3-4-8-15(14)18-13)19-17(12-20)9-5-2-6-10-17/h3-4,7-8,11,20H,2,5-6,9-10,12H2,1H3,(H,18,19). The predicted octanol–water partition coefficient (Wildman–Crippen LogP) is 3.65. The average Bonchev–Trinajstić information content (AvgIpc) is 2.48. The molecule has 0 saturated heterocycles. The molecule has 1 aliphatic rings. The van der Waals surface area contributed by atoms with Gasteiger partial charge in [0.25, 0.3) is 0 Å². The molecule has 0 atom stereocenters. The van der Waals surface area contributed by atoms with Crippen LogP contribution in [0.15, 0.2) is 30.3 Å². The third kappa shape index (κ3) is 2.50. The molecule has 3 nitrogen and oxygen atoms in total. The van der Waals surface area contributed by atoms with Crippen LogP contribution in [0.5, 0.6) is 0 Å². The van der Waals surface area contributed by atoms with Crippen LogP contribution in [0.25, 0.3) is 10.9 Å². The number of aryl methyl sites for hydroxylation is 1. The van der Waals surface area contributed by atoms with Crippen LogP contribution in [0.3, 0.4) is 0 Å². The summed E-state index contributed by atoms with van der Waals surface area (Å²) in [5.41, 5.74) is 2.97. The Bertz CT molecular complexity index is 603. The van der Waals surface area contributed by atoms with Crippen molar-refractivity contribution in [1.82, 2.24) is 4.98 Å². The summed E-state index contributed by atoms with van der Waals surface area (Å²) in [6.07, 6.45) is 5.74. The Labute approximate surface area is 120 Å². The second-order valence-corrected chi connectivity index (χ2v) is 5.95. The first kappa shape index (κ1) is 13.4. The highest BCUT2D eigenvalue weighted by molar-refractivity contribution is 5.91. The van der Waals surface area contributed by atoms with Crippen LogP contribution < -0.4 is 5.32 Å². The molecule has 1 fully saturated rings. The lowest BCUT2D eigenvalue weighted by atomic mass is 9.82. The number of nitrogens with one attached hydrogen (secondary N) is 1. The summed E-state index contributed by atoms with van der Waals surface area (Å²) in [6, 6.07) is 10.3. The third-order valence-electron chi connectivity index (χ3n) is 4.36. The fourth-order valence-corrected chi connectivity index (χ4v) is 3.25. The number of fused-ring (bicyclic) bond motifs is 1. The highest BCUT2D eigenvalue weighted by atomic mass is 16.3. The number of aromatic nitrogens is 1. The SMILES string of the molecule is Cc1cc(NC2(CO)CCCCC2)c2ccccc2n1. The van der Waals surface area contributed by atoms with Crippen molar-refractivity contribution in [3.63, 3.8) is 0 Å². The normalized spacial score (nSPS) is 18.1. The smallest absolute Gasteiger partial charge is 0.0725 e. The highest BCUT2D eigenvalue weighted by Crippen LogP contribution is 2.33. The summed E-state index contributed by atoms with van der Waals surface area (Å²) in [5.74, 6) is 0. The van der Waals surface area contributed by atoms with Crippen molar-refractivity contribution in [3.05, 3.63) is 36.0 Å². The summed E-state index contributed by atoms with van der Waals surface area (Å²) in [4.78, 5) is 4.58. The molecular formula is C17H22N2O. The molecule has 1 aliphatic carbocycles. The van der Waals surface area contributed by atoms with Crippen LogP contribution in [-0.2, 0) is 0 Å². The van der Waals surface area contributed by atoms with E-state index in [0.717, 1.165) is 35.1 Å². The maximum atomic E-state index is 9.87. The van der Waals surface area contributed by atoms with E-state index in [4.69, 9.17) is 0 Å².